The van der Waals surface area contributed by atoms with Crippen LogP contribution < -0.4 is 10.6 Å². The maximum absolute atomic E-state index is 12.1. The van der Waals surface area contributed by atoms with Gasteiger partial charge in [0.1, 0.15) is 0 Å². The van der Waals surface area contributed by atoms with E-state index in [9.17, 15) is 4.79 Å². The summed E-state index contributed by atoms with van der Waals surface area (Å²) in [5, 5.41) is 7.52. The minimum Gasteiger partial charge on any atom is -0.355 e. The molecule has 1 aliphatic rings. The van der Waals surface area contributed by atoms with Crippen molar-refractivity contribution >= 4 is 41.5 Å². The second-order valence-corrected chi connectivity index (χ2v) is 7.84. The van der Waals surface area contributed by atoms with Gasteiger partial charge in [0.25, 0.3) is 0 Å². The number of piperidine rings is 1. The number of rotatable bonds is 6. The van der Waals surface area contributed by atoms with Crippen molar-refractivity contribution in [3.05, 3.63) is 33.8 Å². The predicted molar refractivity (Wildman–Crippen MR) is 105 cm³/mol. The van der Waals surface area contributed by atoms with E-state index in [0.29, 0.717) is 28.9 Å². The van der Waals surface area contributed by atoms with Crippen molar-refractivity contribution in [3.63, 3.8) is 0 Å². The fraction of sp³-hybridized carbons (Fsp3) is 0.611. The number of nitrogens with one attached hydrogen (secondary N) is 2. The lowest BCUT2D eigenvalue weighted by molar-refractivity contribution is -0.121. The Kier molecular flexibility index (Phi) is 8.86. The molecule has 0 aromatic heterocycles. The summed E-state index contributed by atoms with van der Waals surface area (Å²) < 4.78 is 0. The van der Waals surface area contributed by atoms with E-state index in [4.69, 9.17) is 23.2 Å². The third-order valence-corrected chi connectivity index (χ3v) is 5.41. The SMILES string of the molecule is CC(C)(CNC(=O)CCC1CCNCC1)c1ccc(Cl)c(Cl)c1.Cl. The summed E-state index contributed by atoms with van der Waals surface area (Å²) in [7, 11) is 0. The number of hydrogen-bond donors (Lipinski definition) is 2. The van der Waals surface area contributed by atoms with Crippen LogP contribution in [0.3, 0.4) is 0 Å². The van der Waals surface area contributed by atoms with Crippen molar-refractivity contribution in [3.8, 4) is 0 Å². The fourth-order valence-corrected chi connectivity index (χ4v) is 3.23. The molecule has 6 heteroatoms. The number of halogens is 3. The van der Waals surface area contributed by atoms with Crippen LogP contribution in [0.4, 0.5) is 0 Å². The van der Waals surface area contributed by atoms with Crippen LogP contribution in [0.5, 0.6) is 0 Å². The molecule has 0 unspecified atom stereocenters. The van der Waals surface area contributed by atoms with Crippen LogP contribution in [0.2, 0.25) is 10.0 Å². The highest BCUT2D eigenvalue weighted by molar-refractivity contribution is 6.42. The van der Waals surface area contributed by atoms with Crippen molar-refractivity contribution in [1.82, 2.24) is 10.6 Å². The number of carbonyl (C=O) groups excluding carboxylic acids is 1. The van der Waals surface area contributed by atoms with Crippen LogP contribution >= 0.6 is 35.6 Å². The van der Waals surface area contributed by atoms with Crippen molar-refractivity contribution in [1.29, 1.82) is 0 Å². The molecule has 0 radical (unpaired) electrons. The molecule has 1 heterocycles. The van der Waals surface area contributed by atoms with Gasteiger partial charge in [0, 0.05) is 18.4 Å². The van der Waals surface area contributed by atoms with Gasteiger partial charge < -0.3 is 10.6 Å². The number of carbonyl (C=O) groups is 1. The maximum atomic E-state index is 12.1. The van der Waals surface area contributed by atoms with E-state index in [2.05, 4.69) is 24.5 Å². The average molecular weight is 394 g/mol. The largest absolute Gasteiger partial charge is 0.355 e. The highest BCUT2D eigenvalue weighted by Crippen LogP contribution is 2.29. The summed E-state index contributed by atoms with van der Waals surface area (Å²) >= 11 is 12.1. The van der Waals surface area contributed by atoms with Crippen LogP contribution in [0.25, 0.3) is 0 Å². The number of benzene rings is 1. The Labute approximate surface area is 161 Å². The second kappa shape index (κ2) is 9.86. The lowest BCUT2D eigenvalue weighted by Crippen LogP contribution is -2.37. The summed E-state index contributed by atoms with van der Waals surface area (Å²) in [6, 6.07) is 5.65. The van der Waals surface area contributed by atoms with Crippen LogP contribution in [-0.4, -0.2) is 25.5 Å². The molecule has 24 heavy (non-hydrogen) atoms. The van der Waals surface area contributed by atoms with E-state index in [1.54, 1.807) is 6.07 Å². The van der Waals surface area contributed by atoms with Crippen LogP contribution in [0.15, 0.2) is 18.2 Å². The Morgan fingerprint density at radius 2 is 1.92 bits per heavy atom. The summed E-state index contributed by atoms with van der Waals surface area (Å²) in [6.07, 6.45) is 3.97. The first-order valence-corrected chi connectivity index (χ1v) is 9.07. The maximum Gasteiger partial charge on any atom is 0.220 e. The molecule has 136 valence electrons. The molecule has 0 spiro atoms. The molecule has 1 fully saturated rings. The number of amides is 1. The molecule has 2 N–H and O–H groups in total. The zero-order valence-corrected chi connectivity index (χ0v) is 16.7. The highest BCUT2D eigenvalue weighted by atomic mass is 35.5. The second-order valence-electron chi connectivity index (χ2n) is 7.02. The zero-order valence-electron chi connectivity index (χ0n) is 14.3. The minimum atomic E-state index is -0.182. The zero-order chi connectivity index (χ0) is 16.9. The van der Waals surface area contributed by atoms with Crippen molar-refractivity contribution in [2.75, 3.05) is 19.6 Å². The van der Waals surface area contributed by atoms with Gasteiger partial charge in [-0.1, -0.05) is 43.1 Å². The highest BCUT2D eigenvalue weighted by Gasteiger charge is 2.22. The van der Waals surface area contributed by atoms with E-state index < -0.39 is 0 Å². The minimum absolute atomic E-state index is 0. The van der Waals surface area contributed by atoms with Gasteiger partial charge in [-0.2, -0.15) is 0 Å². The van der Waals surface area contributed by atoms with Gasteiger partial charge >= 0.3 is 0 Å². The third-order valence-electron chi connectivity index (χ3n) is 4.67. The molecule has 1 aromatic carbocycles. The Morgan fingerprint density at radius 1 is 1.25 bits per heavy atom. The molecule has 0 atom stereocenters. The summed E-state index contributed by atoms with van der Waals surface area (Å²) in [4.78, 5) is 12.1. The standard InChI is InChI=1S/C18H26Cl2N2O.ClH/c1-18(2,14-4-5-15(19)16(20)11-14)12-22-17(23)6-3-13-7-9-21-10-8-13;/h4-5,11,13,21H,3,6-10,12H2,1-2H3,(H,22,23);1H. The van der Waals surface area contributed by atoms with Gasteiger partial charge in [0.15, 0.2) is 0 Å². The monoisotopic (exact) mass is 392 g/mol. The van der Waals surface area contributed by atoms with Crippen LogP contribution in [0.1, 0.15) is 45.1 Å². The Hall–Kier alpha value is -0.480. The molecule has 3 nitrogen and oxygen atoms in total. The van der Waals surface area contributed by atoms with Crippen molar-refractivity contribution < 1.29 is 4.79 Å². The molecule has 0 saturated carbocycles. The molecule has 2 rings (SSSR count). The molecule has 1 aliphatic heterocycles. The lowest BCUT2D eigenvalue weighted by Gasteiger charge is -2.26. The van der Waals surface area contributed by atoms with E-state index in [1.165, 1.54) is 12.8 Å². The Bertz CT molecular complexity index is 543. The van der Waals surface area contributed by atoms with Crippen LogP contribution in [-0.2, 0) is 10.2 Å². The first-order chi connectivity index (χ1) is 10.9. The molecule has 0 bridgehead atoms. The van der Waals surface area contributed by atoms with Gasteiger partial charge in [-0.3, -0.25) is 4.79 Å². The molecular formula is C18H27Cl3N2O. The third kappa shape index (κ3) is 6.44. The summed E-state index contributed by atoms with van der Waals surface area (Å²) in [5.74, 6) is 0.821. The van der Waals surface area contributed by atoms with Gasteiger partial charge in [-0.25, -0.2) is 0 Å². The normalized spacial score (nSPS) is 15.7. The van der Waals surface area contributed by atoms with E-state index in [0.717, 1.165) is 25.1 Å². The van der Waals surface area contributed by atoms with Gasteiger partial charge in [0.2, 0.25) is 5.91 Å². The topological polar surface area (TPSA) is 41.1 Å². The fourth-order valence-electron chi connectivity index (χ4n) is 2.93. The molecule has 1 aromatic rings. The van der Waals surface area contributed by atoms with Crippen LogP contribution in [0, 0.1) is 5.92 Å². The van der Waals surface area contributed by atoms with Crippen molar-refractivity contribution in [2.24, 2.45) is 5.92 Å². The van der Waals surface area contributed by atoms with Gasteiger partial charge in [-0.15, -0.1) is 12.4 Å². The molecule has 1 amide bonds. The Balaban J connectivity index is 0.00000288. The molecule has 0 aliphatic carbocycles. The molecular weight excluding hydrogens is 367 g/mol. The van der Waals surface area contributed by atoms with Crippen molar-refractivity contribution in [2.45, 2.75) is 44.9 Å². The Morgan fingerprint density at radius 3 is 2.54 bits per heavy atom. The summed E-state index contributed by atoms with van der Waals surface area (Å²) in [5.41, 5.74) is 0.893. The quantitative estimate of drug-likeness (QED) is 0.742. The lowest BCUT2D eigenvalue weighted by atomic mass is 9.84. The van der Waals surface area contributed by atoms with Gasteiger partial charge in [0.05, 0.1) is 10.0 Å². The van der Waals surface area contributed by atoms with E-state index in [1.807, 2.05) is 12.1 Å². The number of hydrogen-bond acceptors (Lipinski definition) is 2. The average Bonchev–Trinajstić information content (AvgIpc) is 2.54. The van der Waals surface area contributed by atoms with E-state index >= 15 is 0 Å². The van der Waals surface area contributed by atoms with E-state index in [-0.39, 0.29) is 23.7 Å². The predicted octanol–water partition coefficient (Wildman–Crippen LogP) is 4.59. The first kappa shape index (κ1) is 21.6. The van der Waals surface area contributed by atoms with Gasteiger partial charge in [-0.05, 0) is 56.0 Å². The summed E-state index contributed by atoms with van der Waals surface area (Å²) in [6.45, 7) is 6.95. The smallest absolute Gasteiger partial charge is 0.220 e. The first-order valence-electron chi connectivity index (χ1n) is 8.31. The molecule has 1 saturated heterocycles.